The summed E-state index contributed by atoms with van der Waals surface area (Å²) < 4.78 is 11.9. The van der Waals surface area contributed by atoms with E-state index in [0.717, 1.165) is 49.6 Å². The average molecular weight is 401 g/mol. The van der Waals surface area contributed by atoms with Crippen LogP contribution in [0.15, 0.2) is 36.4 Å². The molecule has 2 aromatic rings. The summed E-state index contributed by atoms with van der Waals surface area (Å²) in [4.78, 5) is 0. The molecule has 134 valence electrons. The zero-order valence-corrected chi connectivity index (χ0v) is 16.0. The molecule has 0 unspecified atom stereocenters. The van der Waals surface area contributed by atoms with Gasteiger partial charge in [-0.3, -0.25) is 0 Å². The van der Waals surface area contributed by atoms with Crippen molar-refractivity contribution >= 4 is 35.6 Å². The minimum Gasteiger partial charge on any atom is -0.492 e. The van der Waals surface area contributed by atoms with Gasteiger partial charge < -0.3 is 14.8 Å². The van der Waals surface area contributed by atoms with E-state index in [9.17, 15) is 0 Å². The van der Waals surface area contributed by atoms with Crippen molar-refractivity contribution < 1.29 is 9.47 Å². The highest BCUT2D eigenvalue weighted by Gasteiger charge is 2.41. The number of nitrogens with one attached hydrogen (secondary N) is 1. The summed E-state index contributed by atoms with van der Waals surface area (Å²) in [6.07, 6.45) is 2.24. The Balaban J connectivity index is 0.00000182. The van der Waals surface area contributed by atoms with Gasteiger partial charge in [0.25, 0.3) is 0 Å². The Bertz CT molecular complexity index is 740. The van der Waals surface area contributed by atoms with E-state index in [1.54, 1.807) is 0 Å². The van der Waals surface area contributed by atoms with Gasteiger partial charge in [0.2, 0.25) is 0 Å². The molecular weight excluding hydrogens is 381 g/mol. The molecule has 0 aromatic heterocycles. The smallest absolute Gasteiger partial charge is 0.126 e. The van der Waals surface area contributed by atoms with Crippen LogP contribution in [-0.2, 0) is 12.0 Å². The van der Waals surface area contributed by atoms with Crippen LogP contribution in [0.25, 0.3) is 0 Å². The number of ether oxygens (including phenoxy) is 2. The van der Waals surface area contributed by atoms with Crippen LogP contribution < -0.4 is 14.8 Å². The molecule has 2 heterocycles. The Kier molecular flexibility index (Phi) is 5.69. The lowest BCUT2D eigenvalue weighted by molar-refractivity contribution is 0.220. The summed E-state index contributed by atoms with van der Waals surface area (Å²) in [5.41, 5.74) is 2.29. The first-order valence-electron chi connectivity index (χ1n) is 8.22. The van der Waals surface area contributed by atoms with Crippen molar-refractivity contribution in [1.82, 2.24) is 5.32 Å². The first-order valence-corrected chi connectivity index (χ1v) is 8.97. The largest absolute Gasteiger partial charge is 0.492 e. The summed E-state index contributed by atoms with van der Waals surface area (Å²) in [7, 11) is 0. The number of benzene rings is 2. The van der Waals surface area contributed by atoms with Crippen LogP contribution in [0.1, 0.15) is 24.0 Å². The van der Waals surface area contributed by atoms with Crippen molar-refractivity contribution in [2.24, 2.45) is 0 Å². The molecule has 6 heteroatoms. The molecule has 1 fully saturated rings. The minimum absolute atomic E-state index is 0. The molecule has 1 spiro atoms. The van der Waals surface area contributed by atoms with Gasteiger partial charge >= 0.3 is 0 Å². The monoisotopic (exact) mass is 399 g/mol. The zero-order chi connectivity index (χ0) is 16.6. The minimum atomic E-state index is 0. The number of rotatable bonds is 3. The number of fused-ring (bicyclic) bond motifs is 2. The Hall–Kier alpha value is -1.13. The molecule has 2 aliphatic heterocycles. The molecule has 2 aromatic carbocycles. The quantitative estimate of drug-likeness (QED) is 0.786. The second-order valence-corrected chi connectivity index (χ2v) is 7.28. The summed E-state index contributed by atoms with van der Waals surface area (Å²) >= 11 is 12.4. The first kappa shape index (κ1) is 18.7. The highest BCUT2D eigenvalue weighted by atomic mass is 35.5. The Morgan fingerprint density at radius 1 is 1.08 bits per heavy atom. The summed E-state index contributed by atoms with van der Waals surface area (Å²) in [6, 6.07) is 11.6. The van der Waals surface area contributed by atoms with Crippen LogP contribution >= 0.6 is 35.6 Å². The second-order valence-electron chi connectivity index (χ2n) is 6.47. The molecule has 3 nitrogen and oxygen atoms in total. The third-order valence-electron chi connectivity index (χ3n) is 5.03. The van der Waals surface area contributed by atoms with Gasteiger partial charge in [0.15, 0.2) is 0 Å². The lowest BCUT2D eigenvalue weighted by Crippen LogP contribution is -2.40. The van der Waals surface area contributed by atoms with Crippen LogP contribution in [0, 0.1) is 0 Å². The molecule has 1 saturated heterocycles. The van der Waals surface area contributed by atoms with Crippen molar-refractivity contribution in [1.29, 1.82) is 0 Å². The lowest BCUT2D eigenvalue weighted by Gasteiger charge is -2.32. The number of halogens is 3. The van der Waals surface area contributed by atoms with Gasteiger partial charge in [-0.1, -0.05) is 35.3 Å². The third-order valence-corrected chi connectivity index (χ3v) is 5.74. The fourth-order valence-electron chi connectivity index (χ4n) is 3.59. The molecule has 0 bridgehead atoms. The predicted molar refractivity (Wildman–Crippen MR) is 104 cm³/mol. The topological polar surface area (TPSA) is 30.5 Å². The molecule has 0 saturated carbocycles. The van der Waals surface area contributed by atoms with Gasteiger partial charge in [-0.25, -0.2) is 0 Å². The molecule has 25 heavy (non-hydrogen) atoms. The summed E-state index contributed by atoms with van der Waals surface area (Å²) in [6.45, 7) is 3.20. The Labute approximate surface area is 164 Å². The molecule has 4 rings (SSSR count). The molecule has 2 aliphatic rings. The van der Waals surface area contributed by atoms with Gasteiger partial charge in [0.05, 0.1) is 6.61 Å². The normalized spacial score (nSPS) is 17.5. The first-order chi connectivity index (χ1) is 11.7. The van der Waals surface area contributed by atoms with E-state index in [2.05, 4.69) is 11.4 Å². The van der Waals surface area contributed by atoms with Crippen molar-refractivity contribution in [3.63, 3.8) is 0 Å². The van der Waals surface area contributed by atoms with Gasteiger partial charge in [0.1, 0.15) is 18.1 Å². The van der Waals surface area contributed by atoms with E-state index in [1.165, 1.54) is 5.56 Å². The van der Waals surface area contributed by atoms with Crippen LogP contribution in [0.2, 0.25) is 10.0 Å². The van der Waals surface area contributed by atoms with Crippen LogP contribution in [-0.4, -0.2) is 19.7 Å². The van der Waals surface area contributed by atoms with E-state index >= 15 is 0 Å². The number of piperidine rings is 1. The molecule has 0 amide bonds. The van der Waals surface area contributed by atoms with E-state index < -0.39 is 0 Å². The summed E-state index contributed by atoms with van der Waals surface area (Å²) in [5, 5.41) is 4.66. The standard InChI is InChI=1S/C19H19Cl2NO2.ClH/c20-16-2-1-3-17(21)14(16)11-23-13-4-5-15-18(10-13)24-12-19(15)6-8-22-9-7-19;/h1-5,10,22H,6-9,11-12H2;1H. The van der Waals surface area contributed by atoms with E-state index in [4.69, 9.17) is 32.7 Å². The predicted octanol–water partition coefficient (Wildman–Crippen LogP) is 5.01. The third kappa shape index (κ3) is 3.56. The highest BCUT2D eigenvalue weighted by Crippen LogP contribution is 2.45. The second kappa shape index (κ2) is 7.63. The van der Waals surface area contributed by atoms with Crippen LogP contribution in [0.3, 0.4) is 0 Å². The van der Waals surface area contributed by atoms with Gasteiger partial charge in [0, 0.05) is 32.7 Å². The maximum Gasteiger partial charge on any atom is 0.126 e. The average Bonchev–Trinajstić information content (AvgIpc) is 2.93. The summed E-state index contributed by atoms with van der Waals surface area (Å²) in [5.74, 6) is 1.72. The molecule has 0 aliphatic carbocycles. The van der Waals surface area contributed by atoms with E-state index in [1.807, 2.05) is 30.3 Å². The van der Waals surface area contributed by atoms with Crippen molar-refractivity contribution in [3.8, 4) is 11.5 Å². The molecular formula is C19H20Cl3NO2. The lowest BCUT2D eigenvalue weighted by atomic mass is 9.75. The maximum absolute atomic E-state index is 6.19. The highest BCUT2D eigenvalue weighted by molar-refractivity contribution is 6.35. The molecule has 1 N–H and O–H groups in total. The molecule has 0 atom stereocenters. The van der Waals surface area contributed by atoms with Crippen molar-refractivity contribution in [2.75, 3.05) is 19.7 Å². The van der Waals surface area contributed by atoms with Gasteiger partial charge in [-0.2, -0.15) is 0 Å². The van der Waals surface area contributed by atoms with Gasteiger partial charge in [-0.05, 0) is 44.1 Å². The fraction of sp³-hybridized carbons (Fsp3) is 0.368. The van der Waals surface area contributed by atoms with Crippen LogP contribution in [0.5, 0.6) is 11.5 Å². The Morgan fingerprint density at radius 3 is 2.52 bits per heavy atom. The van der Waals surface area contributed by atoms with E-state index in [0.29, 0.717) is 16.7 Å². The Morgan fingerprint density at radius 2 is 1.80 bits per heavy atom. The van der Waals surface area contributed by atoms with Crippen molar-refractivity contribution in [2.45, 2.75) is 24.9 Å². The fourth-order valence-corrected chi connectivity index (χ4v) is 4.09. The van der Waals surface area contributed by atoms with Gasteiger partial charge in [-0.15, -0.1) is 12.4 Å². The molecule has 0 radical (unpaired) electrons. The van der Waals surface area contributed by atoms with Crippen molar-refractivity contribution in [3.05, 3.63) is 57.6 Å². The maximum atomic E-state index is 6.19. The number of hydrogen-bond donors (Lipinski definition) is 1. The van der Waals surface area contributed by atoms with E-state index in [-0.39, 0.29) is 17.8 Å². The zero-order valence-electron chi connectivity index (χ0n) is 13.7. The SMILES string of the molecule is Cl.Clc1cccc(Cl)c1COc1ccc2c(c1)OCC21CCNCC1. The number of hydrogen-bond acceptors (Lipinski definition) is 3. The van der Waals surface area contributed by atoms with Crippen LogP contribution in [0.4, 0.5) is 0 Å².